The summed E-state index contributed by atoms with van der Waals surface area (Å²) in [5.74, 6) is 1.58. The van der Waals surface area contributed by atoms with Crippen molar-refractivity contribution < 1.29 is 0 Å². The third-order valence-corrected chi connectivity index (χ3v) is 22.9. The molecule has 0 saturated heterocycles. The second-order valence-corrected chi connectivity index (χ2v) is 32.4. The zero-order chi connectivity index (χ0) is 66.4. The summed E-state index contributed by atoms with van der Waals surface area (Å²) in [4.78, 5) is 5.22. The number of hydrogen-bond donors (Lipinski definition) is 0. The Morgan fingerprint density at radius 3 is 1.07 bits per heavy atom. The average molecular weight is 1270 g/mol. The maximum atomic E-state index is 2.62. The molecule has 0 N–H and O–H groups in total. The molecular formula is C93H92N4. The van der Waals surface area contributed by atoms with Gasteiger partial charge in [0, 0.05) is 65.6 Å². The number of para-hydroxylation sites is 2. The van der Waals surface area contributed by atoms with Gasteiger partial charge in [-0.2, -0.15) is 0 Å². The lowest BCUT2D eigenvalue weighted by Crippen LogP contribution is -2.14. The normalized spacial score (nSPS) is 15.0. The summed E-state index contributed by atoms with van der Waals surface area (Å²) in [6.45, 7) is 25.5. The van der Waals surface area contributed by atoms with Crippen LogP contribution < -0.4 is 9.80 Å². The molecule has 0 unspecified atom stereocenters. The Hall–Kier alpha value is -9.38. The summed E-state index contributed by atoms with van der Waals surface area (Å²) in [6.07, 6.45) is 12.9. The van der Waals surface area contributed by atoms with Gasteiger partial charge in [0.15, 0.2) is 0 Å². The van der Waals surface area contributed by atoms with Crippen molar-refractivity contribution in [3.63, 3.8) is 0 Å². The van der Waals surface area contributed by atoms with Crippen molar-refractivity contribution in [1.82, 2.24) is 8.80 Å². The van der Waals surface area contributed by atoms with E-state index in [4.69, 9.17) is 0 Å². The Morgan fingerprint density at radius 2 is 0.691 bits per heavy atom. The van der Waals surface area contributed by atoms with Crippen LogP contribution in [-0.2, 0) is 16.2 Å². The largest absolute Gasteiger partial charge is 0.309 e. The fraction of sp³-hybridized carbons (Fsp3) is 0.290. The predicted octanol–water partition coefficient (Wildman–Crippen LogP) is 27.4. The van der Waals surface area contributed by atoms with E-state index in [1.54, 1.807) is 0 Å². The van der Waals surface area contributed by atoms with Crippen molar-refractivity contribution in [2.75, 3.05) is 9.80 Å². The molecule has 0 amide bonds. The molecule has 0 atom stereocenters. The van der Waals surface area contributed by atoms with E-state index in [-0.39, 0.29) is 16.2 Å². The first-order chi connectivity index (χ1) is 46.9. The van der Waals surface area contributed by atoms with Gasteiger partial charge in [-0.05, 0) is 189 Å². The average Bonchev–Trinajstić information content (AvgIpc) is 1.52. The minimum atomic E-state index is 0.00432. The zero-order valence-electron chi connectivity index (χ0n) is 58.9. The molecule has 0 aliphatic heterocycles. The van der Waals surface area contributed by atoms with E-state index >= 15 is 0 Å². The topological polar surface area (TPSA) is 15.3 Å². The molecule has 11 aromatic carbocycles. The predicted molar refractivity (Wildman–Crippen MR) is 418 cm³/mol. The second-order valence-electron chi connectivity index (χ2n) is 32.4. The SMILES string of the molecule is CC(C)c1ccc(-c2cc(C3CCCCC3)ccc2N(c2ccc(C(C)(C)C)cc2)c2ccc3c4cc5c(cc4n4c6ccccc6c2c34)c2ccc(N(c3ccc(C(C)(C)C)cc3)c3ccc(C4CCCCC4)cc3-c3ccc(C(C)(C)C)cc3)c3c4ccccc4n5c23)cc1. The van der Waals surface area contributed by atoms with E-state index < -0.39 is 0 Å². The second kappa shape index (κ2) is 23.1. The highest BCUT2D eigenvalue weighted by Crippen LogP contribution is 2.54. The van der Waals surface area contributed by atoms with Gasteiger partial charge in [-0.1, -0.05) is 248 Å². The van der Waals surface area contributed by atoms with Crippen molar-refractivity contribution in [3.05, 3.63) is 252 Å². The highest BCUT2D eigenvalue weighted by molar-refractivity contribution is 6.32. The third kappa shape index (κ3) is 10.2. The van der Waals surface area contributed by atoms with Crippen molar-refractivity contribution >= 4 is 110 Å². The van der Waals surface area contributed by atoms with Gasteiger partial charge in [0.25, 0.3) is 0 Å². The first-order valence-electron chi connectivity index (χ1n) is 36.5. The molecule has 2 aliphatic carbocycles. The fourth-order valence-corrected chi connectivity index (χ4v) is 17.4. The summed E-state index contributed by atoms with van der Waals surface area (Å²) in [6, 6.07) is 86.3. The van der Waals surface area contributed by atoms with Crippen LogP contribution in [0.25, 0.3) is 98.4 Å². The van der Waals surface area contributed by atoms with Crippen LogP contribution >= 0.6 is 0 Å². The van der Waals surface area contributed by atoms with Crippen LogP contribution in [0.5, 0.6) is 0 Å². The lowest BCUT2D eigenvalue weighted by Gasteiger charge is -2.31. The molecule has 2 aliphatic rings. The van der Waals surface area contributed by atoms with Crippen LogP contribution in [0.1, 0.15) is 192 Å². The minimum absolute atomic E-state index is 0.00432. The number of hydrogen-bond acceptors (Lipinski definition) is 2. The van der Waals surface area contributed by atoms with E-state index in [0.29, 0.717) is 17.8 Å². The van der Waals surface area contributed by atoms with Crippen LogP contribution in [0.3, 0.4) is 0 Å². The first kappa shape index (κ1) is 61.2. The maximum Gasteiger partial charge on any atom is 0.0641 e. The van der Waals surface area contributed by atoms with Crippen molar-refractivity contribution in [1.29, 1.82) is 0 Å². The Kier molecular flexibility index (Phi) is 14.6. The number of fused-ring (bicyclic) bond motifs is 12. The number of anilines is 6. The highest BCUT2D eigenvalue weighted by atomic mass is 15.2. The smallest absolute Gasteiger partial charge is 0.0641 e. The minimum Gasteiger partial charge on any atom is -0.309 e. The lowest BCUT2D eigenvalue weighted by molar-refractivity contribution is 0.444. The quantitative estimate of drug-likeness (QED) is 0.128. The molecule has 484 valence electrons. The van der Waals surface area contributed by atoms with Crippen LogP contribution in [0.4, 0.5) is 34.1 Å². The molecule has 0 bridgehead atoms. The Morgan fingerprint density at radius 1 is 0.330 bits per heavy atom. The highest BCUT2D eigenvalue weighted by Gasteiger charge is 2.32. The molecule has 0 spiro atoms. The Labute approximate surface area is 573 Å². The maximum absolute atomic E-state index is 2.62. The van der Waals surface area contributed by atoms with E-state index in [1.165, 1.54) is 219 Å². The molecule has 4 nitrogen and oxygen atoms in total. The standard InChI is InChI=1S/C93H92N4/c1-58(2)59-30-32-62(33-31-59)75-54-64(60-22-14-12-15-23-60)36-50-81(75)94(69-44-40-67(41-45-69)92(6,7)8)83-52-48-71-77-56-86-78(57-85(77)96-79-28-20-18-26-73(79)87(83)89(71)96)72-49-53-84(88-74-27-19-21-29-80(74)97(86)90(72)88)95(70-46-42-68(43-47-70)93(9,10)11)82-51-37-65(61-24-16-13-17-25-61)55-76(82)63-34-38-66(39-35-63)91(3,4)5/h18-21,26-58,60-61H,12-17,22-25H2,1-11H3. The molecular weight excluding hydrogens is 1170 g/mol. The van der Waals surface area contributed by atoms with Crippen LogP contribution in [0.2, 0.25) is 0 Å². The summed E-state index contributed by atoms with van der Waals surface area (Å²) < 4.78 is 5.23. The van der Waals surface area contributed by atoms with Crippen molar-refractivity contribution in [3.8, 4) is 22.3 Å². The number of aromatic nitrogens is 2. The molecule has 15 aromatic rings. The molecule has 97 heavy (non-hydrogen) atoms. The van der Waals surface area contributed by atoms with Crippen LogP contribution in [-0.4, -0.2) is 8.80 Å². The monoisotopic (exact) mass is 1260 g/mol. The van der Waals surface area contributed by atoms with Crippen molar-refractivity contribution in [2.45, 2.75) is 174 Å². The van der Waals surface area contributed by atoms with Crippen LogP contribution in [0.15, 0.2) is 218 Å². The van der Waals surface area contributed by atoms with Gasteiger partial charge in [0.1, 0.15) is 0 Å². The molecule has 2 saturated carbocycles. The van der Waals surface area contributed by atoms with Gasteiger partial charge in [-0.25, -0.2) is 0 Å². The summed E-state index contributed by atoms with van der Waals surface area (Å²) >= 11 is 0. The molecule has 0 radical (unpaired) electrons. The van der Waals surface area contributed by atoms with Gasteiger partial charge in [-0.15, -0.1) is 0 Å². The number of benzene rings is 11. The lowest BCUT2D eigenvalue weighted by atomic mass is 9.82. The molecule has 4 heteroatoms. The fourth-order valence-electron chi connectivity index (χ4n) is 17.4. The van der Waals surface area contributed by atoms with E-state index in [1.807, 2.05) is 0 Å². The van der Waals surface area contributed by atoms with E-state index in [9.17, 15) is 0 Å². The Balaban J connectivity index is 0.900. The third-order valence-electron chi connectivity index (χ3n) is 22.9. The number of nitrogens with zero attached hydrogens (tertiary/aromatic N) is 4. The van der Waals surface area contributed by atoms with Crippen molar-refractivity contribution in [2.24, 2.45) is 0 Å². The summed E-state index contributed by atoms with van der Waals surface area (Å²) in [5, 5.41) is 10.1. The van der Waals surface area contributed by atoms with Gasteiger partial charge < -0.3 is 18.6 Å². The zero-order valence-corrected chi connectivity index (χ0v) is 58.9. The summed E-state index contributed by atoms with van der Waals surface area (Å²) in [5.41, 5.74) is 27.9. The van der Waals surface area contributed by atoms with Crippen LogP contribution in [0, 0.1) is 0 Å². The van der Waals surface area contributed by atoms with Gasteiger partial charge in [0.05, 0.1) is 55.8 Å². The van der Waals surface area contributed by atoms with E-state index in [0.717, 1.165) is 11.4 Å². The molecule has 4 aromatic heterocycles. The first-order valence-corrected chi connectivity index (χ1v) is 36.5. The van der Waals surface area contributed by atoms with E-state index in [2.05, 4.69) is 313 Å². The molecule has 17 rings (SSSR count). The Bertz CT molecular complexity index is 5470. The molecule has 4 heterocycles. The molecule has 2 fully saturated rings. The van der Waals surface area contributed by atoms with Gasteiger partial charge in [-0.3, -0.25) is 0 Å². The van der Waals surface area contributed by atoms with Gasteiger partial charge >= 0.3 is 0 Å². The van der Waals surface area contributed by atoms with Gasteiger partial charge in [0.2, 0.25) is 0 Å². The summed E-state index contributed by atoms with van der Waals surface area (Å²) in [7, 11) is 0. The number of rotatable bonds is 11.